The summed E-state index contributed by atoms with van der Waals surface area (Å²) in [5, 5.41) is 2.64. The average molecular weight is 377 g/mol. The molecule has 0 heterocycles. The van der Waals surface area contributed by atoms with Gasteiger partial charge in [-0.2, -0.15) is 0 Å². The summed E-state index contributed by atoms with van der Waals surface area (Å²) in [6.07, 6.45) is 3.04. The van der Waals surface area contributed by atoms with Crippen LogP contribution in [0.3, 0.4) is 0 Å². The van der Waals surface area contributed by atoms with Gasteiger partial charge in [0.1, 0.15) is 0 Å². The minimum absolute atomic E-state index is 0.0693. The van der Waals surface area contributed by atoms with Gasteiger partial charge in [0, 0.05) is 11.8 Å². The van der Waals surface area contributed by atoms with Crippen LogP contribution in [0.5, 0.6) is 11.5 Å². The molecule has 0 aliphatic rings. The summed E-state index contributed by atoms with van der Waals surface area (Å²) in [5.74, 6) is 0.582. The molecule has 140 valence electrons. The van der Waals surface area contributed by atoms with E-state index in [0.29, 0.717) is 23.7 Å². The normalized spacial score (nSPS) is 11.0. The predicted molar refractivity (Wildman–Crippen MR) is 101 cm³/mol. The summed E-state index contributed by atoms with van der Waals surface area (Å²) < 4.78 is 34.7. The molecule has 0 radical (unpaired) electrons. The van der Waals surface area contributed by atoms with Gasteiger partial charge in [0.25, 0.3) is 5.91 Å². The number of rotatable bonds is 8. The van der Waals surface area contributed by atoms with Crippen molar-refractivity contribution in [2.45, 2.75) is 24.7 Å². The van der Waals surface area contributed by atoms with E-state index in [1.807, 2.05) is 0 Å². The molecule has 1 N–H and O–H groups in total. The second kappa shape index (κ2) is 8.71. The van der Waals surface area contributed by atoms with E-state index in [4.69, 9.17) is 9.47 Å². The van der Waals surface area contributed by atoms with Gasteiger partial charge in [-0.1, -0.05) is 25.5 Å². The van der Waals surface area contributed by atoms with E-state index in [2.05, 4.69) is 12.2 Å². The standard InChI is InChI=1S/C19H23NO5S/c1-4-5-12-25-16-11-10-14(13-17(16)24-2)19(21)20-15-8-6-7-9-18(15)26(3,22)23/h6-11,13H,4-5,12H2,1-3H3,(H,20,21). The van der Waals surface area contributed by atoms with Crippen molar-refractivity contribution in [3.8, 4) is 11.5 Å². The molecule has 0 aliphatic heterocycles. The first-order valence-electron chi connectivity index (χ1n) is 8.28. The van der Waals surface area contributed by atoms with Crippen molar-refractivity contribution in [2.75, 3.05) is 25.3 Å². The zero-order valence-electron chi connectivity index (χ0n) is 15.1. The summed E-state index contributed by atoms with van der Waals surface area (Å²) in [7, 11) is -1.95. The molecule has 0 spiro atoms. The molecule has 0 fully saturated rings. The number of hydrogen-bond donors (Lipinski definition) is 1. The highest BCUT2D eigenvalue weighted by molar-refractivity contribution is 7.90. The fourth-order valence-corrected chi connectivity index (χ4v) is 3.19. The van der Waals surface area contributed by atoms with Crippen molar-refractivity contribution in [1.82, 2.24) is 0 Å². The second-order valence-corrected chi connectivity index (χ2v) is 7.77. The first-order chi connectivity index (χ1) is 12.4. The van der Waals surface area contributed by atoms with Gasteiger partial charge in [-0.3, -0.25) is 4.79 Å². The molecule has 0 aliphatic carbocycles. The van der Waals surface area contributed by atoms with Gasteiger partial charge < -0.3 is 14.8 Å². The number of nitrogens with one attached hydrogen (secondary N) is 1. The van der Waals surface area contributed by atoms with E-state index >= 15 is 0 Å². The maximum absolute atomic E-state index is 12.5. The van der Waals surface area contributed by atoms with Crippen LogP contribution >= 0.6 is 0 Å². The van der Waals surface area contributed by atoms with Crippen molar-refractivity contribution >= 4 is 21.4 Å². The molecule has 2 aromatic rings. The molecule has 7 heteroatoms. The first-order valence-corrected chi connectivity index (χ1v) is 10.2. The summed E-state index contributed by atoms with van der Waals surface area (Å²) in [5.41, 5.74) is 0.579. The van der Waals surface area contributed by atoms with Crippen LogP contribution < -0.4 is 14.8 Å². The van der Waals surface area contributed by atoms with Crippen LogP contribution in [0.1, 0.15) is 30.1 Å². The molecule has 2 rings (SSSR count). The number of carbonyl (C=O) groups excluding carboxylic acids is 1. The highest BCUT2D eigenvalue weighted by Gasteiger charge is 2.16. The lowest BCUT2D eigenvalue weighted by Crippen LogP contribution is -2.14. The molecular weight excluding hydrogens is 354 g/mol. The zero-order valence-corrected chi connectivity index (χ0v) is 15.9. The van der Waals surface area contributed by atoms with Gasteiger partial charge >= 0.3 is 0 Å². The molecular formula is C19H23NO5S. The van der Waals surface area contributed by atoms with Crippen molar-refractivity contribution in [3.05, 3.63) is 48.0 Å². The third-order valence-electron chi connectivity index (χ3n) is 3.72. The lowest BCUT2D eigenvalue weighted by molar-refractivity contribution is 0.102. The largest absolute Gasteiger partial charge is 0.493 e. The molecule has 0 unspecified atom stereocenters. The third kappa shape index (κ3) is 4.98. The lowest BCUT2D eigenvalue weighted by atomic mass is 10.2. The average Bonchev–Trinajstić information content (AvgIpc) is 2.61. The molecule has 0 bridgehead atoms. The van der Waals surface area contributed by atoms with E-state index in [1.54, 1.807) is 36.4 Å². The van der Waals surface area contributed by atoms with Crippen LogP contribution in [0, 0.1) is 0 Å². The van der Waals surface area contributed by atoms with Crippen LogP contribution in [0.15, 0.2) is 47.4 Å². The Labute approximate surface area is 154 Å². The van der Waals surface area contributed by atoms with Crippen LogP contribution in [-0.2, 0) is 9.84 Å². The van der Waals surface area contributed by atoms with E-state index < -0.39 is 15.7 Å². The Balaban J connectivity index is 2.23. The Morgan fingerprint density at radius 1 is 1.12 bits per heavy atom. The van der Waals surface area contributed by atoms with Crippen molar-refractivity contribution < 1.29 is 22.7 Å². The number of sulfone groups is 1. The smallest absolute Gasteiger partial charge is 0.255 e. The number of anilines is 1. The van der Waals surface area contributed by atoms with Gasteiger partial charge in [0.15, 0.2) is 21.3 Å². The quantitative estimate of drug-likeness (QED) is 0.712. The van der Waals surface area contributed by atoms with Crippen molar-refractivity contribution in [1.29, 1.82) is 0 Å². The van der Waals surface area contributed by atoms with Crippen LogP contribution in [0.25, 0.3) is 0 Å². The van der Waals surface area contributed by atoms with Crippen LogP contribution in [-0.4, -0.2) is 34.3 Å². The number of methoxy groups -OCH3 is 1. The van der Waals surface area contributed by atoms with Crippen LogP contribution in [0.2, 0.25) is 0 Å². The summed E-state index contributed by atoms with van der Waals surface area (Å²) >= 11 is 0. The first kappa shape index (κ1) is 19.8. The van der Waals surface area contributed by atoms with Gasteiger partial charge in [0.2, 0.25) is 0 Å². The van der Waals surface area contributed by atoms with Gasteiger partial charge in [-0.15, -0.1) is 0 Å². The van der Waals surface area contributed by atoms with Crippen LogP contribution in [0.4, 0.5) is 5.69 Å². The van der Waals surface area contributed by atoms with Gasteiger partial charge in [-0.25, -0.2) is 8.42 Å². The lowest BCUT2D eigenvalue weighted by Gasteiger charge is -2.13. The molecule has 0 atom stereocenters. The van der Waals surface area contributed by atoms with Gasteiger partial charge in [-0.05, 0) is 36.8 Å². The molecule has 2 aromatic carbocycles. The van der Waals surface area contributed by atoms with E-state index in [1.165, 1.54) is 13.2 Å². The molecule has 1 amide bonds. The second-order valence-electron chi connectivity index (χ2n) is 5.79. The van der Waals surface area contributed by atoms with E-state index in [9.17, 15) is 13.2 Å². The van der Waals surface area contributed by atoms with Gasteiger partial charge in [0.05, 0.1) is 24.3 Å². The fraction of sp³-hybridized carbons (Fsp3) is 0.316. The monoisotopic (exact) mass is 377 g/mol. The minimum atomic E-state index is -3.45. The number of hydrogen-bond acceptors (Lipinski definition) is 5. The zero-order chi connectivity index (χ0) is 19.2. The maximum atomic E-state index is 12.5. The molecule has 0 aromatic heterocycles. The SMILES string of the molecule is CCCCOc1ccc(C(=O)Nc2ccccc2S(C)(=O)=O)cc1OC. The summed E-state index contributed by atoms with van der Waals surface area (Å²) in [6, 6.07) is 11.1. The maximum Gasteiger partial charge on any atom is 0.255 e. The summed E-state index contributed by atoms with van der Waals surface area (Å²) in [6.45, 7) is 2.64. The molecule has 0 saturated heterocycles. The number of para-hydroxylation sites is 1. The van der Waals surface area contributed by atoms with E-state index in [-0.39, 0.29) is 10.6 Å². The minimum Gasteiger partial charge on any atom is -0.493 e. The fourth-order valence-electron chi connectivity index (χ4n) is 2.34. The molecule has 0 saturated carbocycles. The number of amides is 1. The van der Waals surface area contributed by atoms with E-state index in [0.717, 1.165) is 19.1 Å². The number of ether oxygens (including phenoxy) is 2. The van der Waals surface area contributed by atoms with Crippen molar-refractivity contribution in [2.24, 2.45) is 0 Å². The highest BCUT2D eigenvalue weighted by Crippen LogP contribution is 2.29. The highest BCUT2D eigenvalue weighted by atomic mass is 32.2. The Morgan fingerprint density at radius 3 is 2.50 bits per heavy atom. The number of benzene rings is 2. The Hall–Kier alpha value is -2.54. The molecule has 26 heavy (non-hydrogen) atoms. The Kier molecular flexibility index (Phi) is 6.63. The third-order valence-corrected chi connectivity index (χ3v) is 4.87. The predicted octanol–water partition coefficient (Wildman–Crippen LogP) is 3.53. The van der Waals surface area contributed by atoms with Crippen molar-refractivity contribution in [3.63, 3.8) is 0 Å². The Morgan fingerprint density at radius 2 is 1.85 bits per heavy atom. The molecule has 6 nitrogen and oxygen atoms in total. The number of carbonyl (C=O) groups is 1. The Bertz CT molecular complexity index is 877. The number of unbranched alkanes of at least 4 members (excludes halogenated alkanes) is 1. The topological polar surface area (TPSA) is 81.7 Å². The summed E-state index contributed by atoms with van der Waals surface area (Å²) in [4.78, 5) is 12.6.